The summed E-state index contributed by atoms with van der Waals surface area (Å²) in [5.74, 6) is 1.33. The number of hydrogen-bond donors (Lipinski definition) is 1. The summed E-state index contributed by atoms with van der Waals surface area (Å²) in [6, 6.07) is 10.2. The smallest absolute Gasteiger partial charge is 0.0294 e. The summed E-state index contributed by atoms with van der Waals surface area (Å²) in [6.07, 6.45) is 2.67. The van der Waals surface area contributed by atoms with Gasteiger partial charge in [-0.3, -0.25) is 0 Å². The minimum Gasteiger partial charge on any atom is -0.306 e. The second-order valence-electron chi connectivity index (χ2n) is 7.08. The fourth-order valence-corrected chi connectivity index (χ4v) is 3.98. The van der Waals surface area contributed by atoms with Crippen LogP contribution >= 0.6 is 11.8 Å². The van der Waals surface area contributed by atoms with Crippen molar-refractivity contribution in [2.24, 2.45) is 0 Å². The molecule has 1 N–H and O–H groups in total. The molecule has 1 heterocycles. The first-order valence-corrected chi connectivity index (χ1v) is 8.91. The van der Waals surface area contributed by atoms with Gasteiger partial charge in [-0.2, -0.15) is 11.8 Å². The van der Waals surface area contributed by atoms with Gasteiger partial charge in [0.05, 0.1) is 0 Å². The van der Waals surface area contributed by atoms with Crippen molar-refractivity contribution in [2.45, 2.75) is 70.2 Å². The van der Waals surface area contributed by atoms with Crippen molar-refractivity contribution >= 4 is 11.8 Å². The molecule has 112 valence electrons. The molecule has 1 saturated heterocycles. The summed E-state index contributed by atoms with van der Waals surface area (Å²) in [5.41, 5.74) is 3.06. The van der Waals surface area contributed by atoms with Gasteiger partial charge in [0.2, 0.25) is 0 Å². The van der Waals surface area contributed by atoms with Crippen LogP contribution in [-0.4, -0.2) is 17.0 Å². The summed E-state index contributed by atoms with van der Waals surface area (Å²) in [7, 11) is 0. The third-order valence-corrected chi connectivity index (χ3v) is 5.73. The van der Waals surface area contributed by atoms with Gasteiger partial charge in [-0.1, -0.05) is 52.0 Å². The van der Waals surface area contributed by atoms with Crippen LogP contribution < -0.4 is 5.32 Å². The molecule has 1 aliphatic rings. The van der Waals surface area contributed by atoms with Gasteiger partial charge in [-0.15, -0.1) is 0 Å². The van der Waals surface area contributed by atoms with Gasteiger partial charge in [-0.05, 0) is 42.1 Å². The highest BCUT2D eigenvalue weighted by Gasteiger charge is 2.23. The van der Waals surface area contributed by atoms with Crippen molar-refractivity contribution in [1.29, 1.82) is 0 Å². The van der Waals surface area contributed by atoms with Crippen LogP contribution in [0.25, 0.3) is 0 Å². The van der Waals surface area contributed by atoms with Gasteiger partial charge >= 0.3 is 0 Å². The molecular weight excluding hydrogens is 262 g/mol. The molecular formula is C18H29NS. The third-order valence-electron chi connectivity index (χ3n) is 4.35. The van der Waals surface area contributed by atoms with Crippen molar-refractivity contribution in [3.8, 4) is 0 Å². The van der Waals surface area contributed by atoms with Crippen molar-refractivity contribution in [2.75, 3.05) is 5.75 Å². The molecule has 1 aliphatic heterocycles. The van der Waals surface area contributed by atoms with E-state index in [1.54, 1.807) is 0 Å². The van der Waals surface area contributed by atoms with Crippen molar-refractivity contribution in [1.82, 2.24) is 5.32 Å². The van der Waals surface area contributed by atoms with Gasteiger partial charge in [-0.25, -0.2) is 0 Å². The molecule has 2 heteroatoms. The Morgan fingerprint density at radius 1 is 1.20 bits per heavy atom. The van der Waals surface area contributed by atoms with Crippen LogP contribution in [0.4, 0.5) is 0 Å². The Morgan fingerprint density at radius 3 is 2.40 bits per heavy atom. The highest BCUT2D eigenvalue weighted by Crippen LogP contribution is 2.28. The summed E-state index contributed by atoms with van der Waals surface area (Å²) in [4.78, 5) is 0. The Kier molecular flexibility index (Phi) is 5.19. The van der Waals surface area contributed by atoms with Crippen LogP contribution in [0.5, 0.6) is 0 Å². The van der Waals surface area contributed by atoms with Crippen LogP contribution in [0.2, 0.25) is 0 Å². The van der Waals surface area contributed by atoms with E-state index >= 15 is 0 Å². The van der Waals surface area contributed by atoms with E-state index < -0.39 is 0 Å². The molecule has 20 heavy (non-hydrogen) atoms. The summed E-state index contributed by atoms with van der Waals surface area (Å²) in [6.45, 7) is 11.5. The average molecular weight is 292 g/mol. The third kappa shape index (κ3) is 4.02. The zero-order valence-electron chi connectivity index (χ0n) is 13.6. The topological polar surface area (TPSA) is 12.0 Å². The molecule has 0 aliphatic carbocycles. The Balaban J connectivity index is 2.00. The minimum atomic E-state index is 0.240. The van der Waals surface area contributed by atoms with E-state index in [9.17, 15) is 0 Å². The lowest BCUT2D eigenvalue weighted by molar-refractivity contribution is 0.417. The molecule has 3 atom stereocenters. The van der Waals surface area contributed by atoms with Crippen molar-refractivity contribution in [3.05, 3.63) is 35.4 Å². The van der Waals surface area contributed by atoms with Crippen molar-refractivity contribution < 1.29 is 0 Å². The number of thioether (sulfide) groups is 1. The zero-order chi connectivity index (χ0) is 14.8. The van der Waals surface area contributed by atoms with Crippen LogP contribution in [-0.2, 0) is 5.41 Å². The highest BCUT2D eigenvalue weighted by atomic mass is 32.2. The normalized spacial score (nSPS) is 25.4. The van der Waals surface area contributed by atoms with Gasteiger partial charge in [0.15, 0.2) is 0 Å². The lowest BCUT2D eigenvalue weighted by Gasteiger charge is -2.32. The van der Waals surface area contributed by atoms with Gasteiger partial charge in [0, 0.05) is 17.3 Å². The van der Waals surface area contributed by atoms with E-state index in [0.717, 1.165) is 5.25 Å². The van der Waals surface area contributed by atoms with Crippen LogP contribution in [0.3, 0.4) is 0 Å². The molecule has 0 bridgehead atoms. The van der Waals surface area contributed by atoms with Crippen molar-refractivity contribution in [3.63, 3.8) is 0 Å². The zero-order valence-corrected chi connectivity index (χ0v) is 14.4. The molecule has 0 spiro atoms. The number of nitrogens with one attached hydrogen (secondary N) is 1. The predicted octanol–water partition coefficient (Wildman–Crippen LogP) is 4.92. The molecule has 0 saturated carbocycles. The molecule has 0 radical (unpaired) electrons. The Labute approximate surface area is 128 Å². The van der Waals surface area contributed by atoms with Gasteiger partial charge in [0.25, 0.3) is 0 Å². The van der Waals surface area contributed by atoms with E-state index in [1.807, 2.05) is 0 Å². The molecule has 1 fully saturated rings. The maximum atomic E-state index is 3.82. The van der Waals surface area contributed by atoms with Gasteiger partial charge < -0.3 is 5.32 Å². The monoisotopic (exact) mass is 291 g/mol. The molecule has 3 unspecified atom stereocenters. The van der Waals surface area contributed by atoms with Crippen LogP contribution in [0.1, 0.15) is 64.6 Å². The first-order chi connectivity index (χ1) is 9.38. The Bertz CT molecular complexity index is 418. The fraction of sp³-hybridized carbons (Fsp3) is 0.667. The van der Waals surface area contributed by atoms with E-state index in [2.05, 4.69) is 76.0 Å². The standard InChI is InChI=1S/C18H29NS/c1-13(19-17-7-6-12-20-14(17)2)15-8-10-16(11-9-15)18(3,4)5/h8-11,13-14,17,19H,6-7,12H2,1-5H3. The number of rotatable bonds is 3. The van der Waals surface area contributed by atoms with E-state index in [-0.39, 0.29) is 5.41 Å². The first-order valence-electron chi connectivity index (χ1n) is 7.86. The Hall–Kier alpha value is -0.470. The molecule has 1 aromatic rings. The first kappa shape index (κ1) is 15.9. The molecule has 2 rings (SSSR count). The second kappa shape index (κ2) is 6.53. The molecule has 1 aromatic carbocycles. The average Bonchev–Trinajstić information content (AvgIpc) is 2.40. The van der Waals surface area contributed by atoms with Crippen LogP contribution in [0.15, 0.2) is 24.3 Å². The van der Waals surface area contributed by atoms with Crippen LogP contribution in [0, 0.1) is 0 Å². The quantitative estimate of drug-likeness (QED) is 0.848. The summed E-state index contributed by atoms with van der Waals surface area (Å²) < 4.78 is 0. The maximum Gasteiger partial charge on any atom is 0.0294 e. The van der Waals surface area contributed by atoms with E-state index in [1.165, 1.54) is 29.7 Å². The number of hydrogen-bond acceptors (Lipinski definition) is 2. The second-order valence-corrected chi connectivity index (χ2v) is 8.57. The maximum absolute atomic E-state index is 3.82. The van der Waals surface area contributed by atoms with E-state index in [4.69, 9.17) is 0 Å². The number of benzene rings is 1. The molecule has 0 aromatic heterocycles. The SMILES string of the molecule is CC(NC1CCCSC1C)c1ccc(C(C)(C)C)cc1. The summed E-state index contributed by atoms with van der Waals surface area (Å²) >= 11 is 2.11. The van der Waals surface area contributed by atoms with Gasteiger partial charge in [0.1, 0.15) is 0 Å². The fourth-order valence-electron chi connectivity index (χ4n) is 2.83. The predicted molar refractivity (Wildman–Crippen MR) is 91.6 cm³/mol. The minimum absolute atomic E-state index is 0.240. The lowest BCUT2D eigenvalue weighted by Crippen LogP contribution is -2.40. The summed E-state index contributed by atoms with van der Waals surface area (Å²) in [5, 5.41) is 4.56. The highest BCUT2D eigenvalue weighted by molar-refractivity contribution is 7.99. The Morgan fingerprint density at radius 2 is 1.85 bits per heavy atom. The molecule has 0 amide bonds. The lowest BCUT2D eigenvalue weighted by atomic mass is 9.86. The largest absolute Gasteiger partial charge is 0.306 e. The molecule has 1 nitrogen and oxygen atoms in total. The van der Waals surface area contributed by atoms with E-state index in [0.29, 0.717) is 12.1 Å².